The fourth-order valence-electron chi connectivity index (χ4n) is 2.18. The zero-order valence-corrected chi connectivity index (χ0v) is 10.6. The molecule has 2 N–H and O–H groups in total. The number of nitrogens with zero attached hydrogens (tertiary/aromatic N) is 3. The average Bonchev–Trinajstić information content (AvgIpc) is 2.79. The van der Waals surface area contributed by atoms with Gasteiger partial charge in [0.25, 0.3) is 0 Å². The van der Waals surface area contributed by atoms with Crippen molar-refractivity contribution < 1.29 is 0 Å². The van der Waals surface area contributed by atoms with Crippen molar-refractivity contribution in [1.29, 1.82) is 0 Å². The Kier molecular flexibility index (Phi) is 3.43. The van der Waals surface area contributed by atoms with E-state index in [4.69, 9.17) is 5.73 Å². The van der Waals surface area contributed by atoms with E-state index in [1.807, 2.05) is 17.9 Å². The lowest BCUT2D eigenvalue weighted by molar-refractivity contribution is 0.243. The first-order valence-electron chi connectivity index (χ1n) is 5.33. The highest BCUT2D eigenvalue weighted by molar-refractivity contribution is 9.10. The van der Waals surface area contributed by atoms with Crippen molar-refractivity contribution >= 4 is 15.9 Å². The van der Waals surface area contributed by atoms with Gasteiger partial charge in [-0.3, -0.25) is 9.58 Å². The summed E-state index contributed by atoms with van der Waals surface area (Å²) in [5.74, 6) is 0. The zero-order valence-electron chi connectivity index (χ0n) is 8.99. The minimum atomic E-state index is 0.548. The van der Waals surface area contributed by atoms with Gasteiger partial charge in [0.05, 0.1) is 16.4 Å². The summed E-state index contributed by atoms with van der Waals surface area (Å²) >= 11 is 3.52. The van der Waals surface area contributed by atoms with Crippen molar-refractivity contribution in [2.75, 3.05) is 13.1 Å². The lowest BCUT2D eigenvalue weighted by Gasteiger charge is -2.23. The average molecular weight is 273 g/mol. The molecular formula is C10H17BrN4. The quantitative estimate of drug-likeness (QED) is 0.897. The van der Waals surface area contributed by atoms with Crippen LogP contribution in [-0.4, -0.2) is 33.8 Å². The molecule has 1 saturated heterocycles. The van der Waals surface area contributed by atoms with Crippen LogP contribution in [0.3, 0.4) is 0 Å². The smallest absolute Gasteiger partial charge is 0.0663 e. The van der Waals surface area contributed by atoms with Crippen LogP contribution >= 0.6 is 15.9 Å². The monoisotopic (exact) mass is 272 g/mol. The summed E-state index contributed by atoms with van der Waals surface area (Å²) in [6, 6.07) is 0.548. The van der Waals surface area contributed by atoms with Crippen molar-refractivity contribution in [2.24, 2.45) is 12.8 Å². The number of rotatable bonds is 3. The molecule has 1 aromatic heterocycles. The molecule has 2 rings (SSSR count). The van der Waals surface area contributed by atoms with Gasteiger partial charge in [-0.15, -0.1) is 0 Å². The standard InChI is InChI=1S/C10H17BrN4/c1-14-10(9(11)6-13-14)7-15-4-2-3-8(15)5-12/h6,8H,2-5,7,12H2,1H3. The van der Waals surface area contributed by atoms with Gasteiger partial charge in [0, 0.05) is 26.2 Å². The highest BCUT2D eigenvalue weighted by Crippen LogP contribution is 2.22. The van der Waals surface area contributed by atoms with Crippen LogP contribution in [0.1, 0.15) is 18.5 Å². The first-order valence-corrected chi connectivity index (χ1v) is 6.12. The van der Waals surface area contributed by atoms with E-state index in [-0.39, 0.29) is 0 Å². The SMILES string of the molecule is Cn1ncc(Br)c1CN1CCCC1CN. The molecule has 1 aliphatic rings. The summed E-state index contributed by atoms with van der Waals surface area (Å²) in [4.78, 5) is 2.45. The van der Waals surface area contributed by atoms with Gasteiger partial charge in [0.15, 0.2) is 0 Å². The van der Waals surface area contributed by atoms with Gasteiger partial charge >= 0.3 is 0 Å². The third-order valence-electron chi connectivity index (χ3n) is 3.13. The lowest BCUT2D eigenvalue weighted by atomic mass is 10.2. The van der Waals surface area contributed by atoms with Crippen LogP contribution in [0.2, 0.25) is 0 Å². The second-order valence-electron chi connectivity index (χ2n) is 4.07. The van der Waals surface area contributed by atoms with E-state index >= 15 is 0 Å². The van der Waals surface area contributed by atoms with Crippen molar-refractivity contribution in [3.8, 4) is 0 Å². The summed E-state index contributed by atoms with van der Waals surface area (Å²) in [5, 5.41) is 4.22. The number of hydrogen-bond donors (Lipinski definition) is 1. The van der Waals surface area contributed by atoms with Gasteiger partial charge in [0.1, 0.15) is 0 Å². The normalized spacial score (nSPS) is 22.5. The molecule has 1 atom stereocenters. The molecule has 2 heterocycles. The van der Waals surface area contributed by atoms with Gasteiger partial charge in [-0.05, 0) is 35.3 Å². The number of halogens is 1. The Hall–Kier alpha value is -0.390. The second kappa shape index (κ2) is 4.63. The van der Waals surface area contributed by atoms with Gasteiger partial charge in [0.2, 0.25) is 0 Å². The Morgan fingerprint density at radius 1 is 1.67 bits per heavy atom. The molecule has 0 aliphatic carbocycles. The van der Waals surface area contributed by atoms with E-state index in [1.54, 1.807) is 0 Å². The van der Waals surface area contributed by atoms with Gasteiger partial charge in [-0.25, -0.2) is 0 Å². The molecule has 0 amide bonds. The number of aromatic nitrogens is 2. The molecule has 0 saturated carbocycles. The molecule has 0 aromatic carbocycles. The summed E-state index contributed by atoms with van der Waals surface area (Å²) < 4.78 is 3.02. The number of aryl methyl sites for hydroxylation is 1. The fourth-order valence-corrected chi connectivity index (χ4v) is 2.65. The van der Waals surface area contributed by atoms with Crippen LogP contribution < -0.4 is 5.73 Å². The van der Waals surface area contributed by atoms with Crippen LogP contribution in [0.15, 0.2) is 10.7 Å². The lowest BCUT2D eigenvalue weighted by Crippen LogP contribution is -2.35. The molecule has 1 aliphatic heterocycles. The van der Waals surface area contributed by atoms with Gasteiger partial charge in [-0.2, -0.15) is 5.10 Å². The van der Waals surface area contributed by atoms with Crippen LogP contribution in [-0.2, 0) is 13.6 Å². The number of hydrogen-bond acceptors (Lipinski definition) is 3. The van der Waals surface area contributed by atoms with E-state index in [1.165, 1.54) is 18.5 Å². The predicted molar refractivity (Wildman–Crippen MR) is 63.4 cm³/mol. The van der Waals surface area contributed by atoms with Crippen LogP contribution in [0, 0.1) is 0 Å². The van der Waals surface area contributed by atoms with Gasteiger partial charge < -0.3 is 5.73 Å². The van der Waals surface area contributed by atoms with Gasteiger partial charge in [-0.1, -0.05) is 0 Å². The molecule has 4 nitrogen and oxygen atoms in total. The van der Waals surface area contributed by atoms with Crippen LogP contribution in [0.4, 0.5) is 0 Å². The highest BCUT2D eigenvalue weighted by atomic mass is 79.9. The second-order valence-corrected chi connectivity index (χ2v) is 4.92. The molecule has 15 heavy (non-hydrogen) atoms. The zero-order chi connectivity index (χ0) is 10.8. The maximum Gasteiger partial charge on any atom is 0.0663 e. The van der Waals surface area contributed by atoms with Crippen LogP contribution in [0.25, 0.3) is 0 Å². The summed E-state index contributed by atoms with van der Waals surface area (Å²) in [7, 11) is 1.98. The van der Waals surface area contributed by atoms with Crippen molar-refractivity contribution in [3.63, 3.8) is 0 Å². The maximum atomic E-state index is 5.75. The minimum absolute atomic E-state index is 0.548. The Labute approximate surface area is 98.6 Å². The minimum Gasteiger partial charge on any atom is -0.329 e. The van der Waals surface area contributed by atoms with E-state index in [0.29, 0.717) is 6.04 Å². The topological polar surface area (TPSA) is 47.1 Å². The molecule has 1 unspecified atom stereocenters. The maximum absolute atomic E-state index is 5.75. The number of nitrogens with two attached hydrogens (primary N) is 1. The fraction of sp³-hybridized carbons (Fsp3) is 0.700. The molecule has 5 heteroatoms. The van der Waals surface area contributed by atoms with E-state index in [0.717, 1.165) is 24.1 Å². The number of likely N-dealkylation sites (tertiary alicyclic amines) is 1. The Balaban J connectivity index is 2.08. The summed E-state index contributed by atoms with van der Waals surface area (Å²) in [6.45, 7) is 2.86. The Bertz CT molecular complexity index is 317. The molecule has 84 valence electrons. The Morgan fingerprint density at radius 3 is 3.07 bits per heavy atom. The van der Waals surface area contributed by atoms with Crippen molar-refractivity contribution in [2.45, 2.75) is 25.4 Å². The highest BCUT2D eigenvalue weighted by Gasteiger charge is 2.24. The molecule has 1 fully saturated rings. The molecular weight excluding hydrogens is 256 g/mol. The predicted octanol–water partition coefficient (Wildman–Crippen LogP) is 1.11. The molecule has 0 radical (unpaired) electrons. The molecule has 0 bridgehead atoms. The van der Waals surface area contributed by atoms with E-state index in [2.05, 4.69) is 25.9 Å². The third kappa shape index (κ3) is 2.24. The summed E-state index contributed by atoms with van der Waals surface area (Å²) in [6.07, 6.45) is 4.34. The first-order chi connectivity index (χ1) is 7.22. The van der Waals surface area contributed by atoms with E-state index in [9.17, 15) is 0 Å². The first kappa shape index (κ1) is 11.1. The van der Waals surface area contributed by atoms with Crippen LogP contribution in [0.5, 0.6) is 0 Å². The van der Waals surface area contributed by atoms with Crippen molar-refractivity contribution in [1.82, 2.24) is 14.7 Å². The Morgan fingerprint density at radius 2 is 2.47 bits per heavy atom. The third-order valence-corrected chi connectivity index (χ3v) is 3.80. The molecule has 1 aromatic rings. The summed E-state index contributed by atoms with van der Waals surface area (Å²) in [5.41, 5.74) is 6.99. The largest absolute Gasteiger partial charge is 0.329 e. The van der Waals surface area contributed by atoms with Crippen molar-refractivity contribution in [3.05, 3.63) is 16.4 Å². The molecule has 0 spiro atoms. The van der Waals surface area contributed by atoms with E-state index < -0.39 is 0 Å².